The van der Waals surface area contributed by atoms with E-state index in [4.69, 9.17) is 0 Å². The summed E-state index contributed by atoms with van der Waals surface area (Å²) >= 11 is 0. The fourth-order valence-corrected chi connectivity index (χ4v) is 2.33. The zero-order valence-electron chi connectivity index (χ0n) is 11.3. The summed E-state index contributed by atoms with van der Waals surface area (Å²) in [5, 5.41) is 6.76. The molecule has 0 aromatic heterocycles. The second-order valence-corrected chi connectivity index (χ2v) is 5.45. The molecule has 1 unspecified atom stereocenters. The van der Waals surface area contributed by atoms with Crippen LogP contribution in [0.2, 0.25) is 0 Å². The standard InChI is InChI=1S/C13H29N3/c1-12(2)10-15-7-9-16-8-5-13(11-16)4-6-14-3/h12-15H,4-11H2,1-3H3. The molecule has 1 rings (SSSR count). The summed E-state index contributed by atoms with van der Waals surface area (Å²) in [6.07, 6.45) is 2.73. The number of rotatable bonds is 8. The van der Waals surface area contributed by atoms with Crippen LogP contribution in [0.1, 0.15) is 26.7 Å². The largest absolute Gasteiger partial charge is 0.320 e. The van der Waals surface area contributed by atoms with Crippen molar-refractivity contribution >= 4 is 0 Å². The van der Waals surface area contributed by atoms with Gasteiger partial charge in [0, 0.05) is 19.6 Å². The third kappa shape index (κ3) is 5.83. The molecular formula is C13H29N3. The number of nitrogens with one attached hydrogen (secondary N) is 2. The van der Waals surface area contributed by atoms with Crippen molar-refractivity contribution in [3.63, 3.8) is 0 Å². The van der Waals surface area contributed by atoms with Crippen LogP contribution in [0, 0.1) is 11.8 Å². The summed E-state index contributed by atoms with van der Waals surface area (Å²) in [5.41, 5.74) is 0. The van der Waals surface area contributed by atoms with E-state index in [-0.39, 0.29) is 0 Å². The second-order valence-electron chi connectivity index (χ2n) is 5.45. The van der Waals surface area contributed by atoms with Crippen molar-refractivity contribution in [2.24, 2.45) is 11.8 Å². The topological polar surface area (TPSA) is 27.3 Å². The van der Waals surface area contributed by atoms with Crippen LogP contribution in [0.15, 0.2) is 0 Å². The minimum Gasteiger partial charge on any atom is -0.320 e. The Balaban J connectivity index is 1.98. The van der Waals surface area contributed by atoms with Gasteiger partial charge in [-0.05, 0) is 51.4 Å². The smallest absolute Gasteiger partial charge is 0.0107 e. The fraction of sp³-hybridized carbons (Fsp3) is 1.00. The molecule has 0 spiro atoms. The van der Waals surface area contributed by atoms with Gasteiger partial charge in [0.05, 0.1) is 0 Å². The first-order chi connectivity index (χ1) is 7.72. The molecular weight excluding hydrogens is 198 g/mol. The minimum atomic E-state index is 0.766. The molecule has 0 aromatic carbocycles. The Morgan fingerprint density at radius 3 is 2.81 bits per heavy atom. The van der Waals surface area contributed by atoms with Gasteiger partial charge in [-0.1, -0.05) is 13.8 Å². The Morgan fingerprint density at radius 1 is 1.31 bits per heavy atom. The molecule has 0 saturated carbocycles. The number of nitrogens with zero attached hydrogens (tertiary/aromatic N) is 1. The molecule has 0 amide bonds. The molecule has 2 N–H and O–H groups in total. The van der Waals surface area contributed by atoms with Crippen LogP contribution in [0.3, 0.4) is 0 Å². The minimum absolute atomic E-state index is 0.766. The lowest BCUT2D eigenvalue weighted by molar-refractivity contribution is 0.316. The highest BCUT2D eigenvalue weighted by atomic mass is 15.2. The molecule has 3 heteroatoms. The van der Waals surface area contributed by atoms with Gasteiger partial charge in [0.1, 0.15) is 0 Å². The molecule has 1 aliphatic heterocycles. The maximum Gasteiger partial charge on any atom is 0.0107 e. The summed E-state index contributed by atoms with van der Waals surface area (Å²) < 4.78 is 0. The van der Waals surface area contributed by atoms with Gasteiger partial charge in [-0.25, -0.2) is 0 Å². The van der Waals surface area contributed by atoms with Crippen LogP contribution in [-0.2, 0) is 0 Å². The summed E-state index contributed by atoms with van der Waals surface area (Å²) in [6, 6.07) is 0. The highest BCUT2D eigenvalue weighted by Crippen LogP contribution is 2.18. The quantitative estimate of drug-likeness (QED) is 0.610. The van der Waals surface area contributed by atoms with Crippen molar-refractivity contribution in [3.8, 4) is 0 Å². The molecule has 1 fully saturated rings. The maximum atomic E-state index is 3.52. The SMILES string of the molecule is CNCCC1CCN(CCNCC(C)C)C1. The van der Waals surface area contributed by atoms with Gasteiger partial charge in [0.2, 0.25) is 0 Å². The predicted octanol–water partition coefficient (Wildman–Crippen LogP) is 1.16. The van der Waals surface area contributed by atoms with Crippen LogP contribution in [-0.4, -0.2) is 51.2 Å². The van der Waals surface area contributed by atoms with Gasteiger partial charge in [0.25, 0.3) is 0 Å². The number of hydrogen-bond acceptors (Lipinski definition) is 3. The maximum absolute atomic E-state index is 3.52. The zero-order chi connectivity index (χ0) is 11.8. The number of hydrogen-bond donors (Lipinski definition) is 2. The van der Waals surface area contributed by atoms with Crippen LogP contribution < -0.4 is 10.6 Å². The summed E-state index contributed by atoms with van der Waals surface area (Å²) in [4.78, 5) is 2.60. The van der Waals surface area contributed by atoms with Crippen molar-refractivity contribution < 1.29 is 0 Å². The Labute approximate surface area is 101 Å². The average Bonchev–Trinajstić information content (AvgIpc) is 2.69. The van der Waals surface area contributed by atoms with Crippen LogP contribution in [0.4, 0.5) is 0 Å². The van der Waals surface area contributed by atoms with Gasteiger partial charge < -0.3 is 15.5 Å². The normalized spacial score (nSPS) is 22.1. The lowest BCUT2D eigenvalue weighted by atomic mass is 10.1. The zero-order valence-corrected chi connectivity index (χ0v) is 11.3. The average molecular weight is 227 g/mol. The first kappa shape index (κ1) is 13.9. The van der Waals surface area contributed by atoms with Gasteiger partial charge >= 0.3 is 0 Å². The van der Waals surface area contributed by atoms with Crippen LogP contribution in [0.5, 0.6) is 0 Å². The van der Waals surface area contributed by atoms with Crippen molar-refractivity contribution in [1.29, 1.82) is 0 Å². The molecule has 0 aliphatic carbocycles. The lowest BCUT2D eigenvalue weighted by Crippen LogP contribution is -2.32. The predicted molar refractivity (Wildman–Crippen MR) is 70.8 cm³/mol. The van der Waals surface area contributed by atoms with Crippen molar-refractivity contribution in [3.05, 3.63) is 0 Å². The van der Waals surface area contributed by atoms with Crippen LogP contribution >= 0.6 is 0 Å². The Bertz CT molecular complexity index is 171. The first-order valence-corrected chi connectivity index (χ1v) is 6.80. The fourth-order valence-electron chi connectivity index (χ4n) is 2.33. The van der Waals surface area contributed by atoms with Gasteiger partial charge in [-0.15, -0.1) is 0 Å². The van der Waals surface area contributed by atoms with E-state index in [9.17, 15) is 0 Å². The number of likely N-dealkylation sites (tertiary alicyclic amines) is 1. The molecule has 0 aromatic rings. The Hall–Kier alpha value is -0.120. The van der Waals surface area contributed by atoms with Crippen LogP contribution in [0.25, 0.3) is 0 Å². The van der Waals surface area contributed by atoms with Crippen molar-refractivity contribution in [2.45, 2.75) is 26.7 Å². The third-order valence-electron chi connectivity index (χ3n) is 3.33. The van der Waals surface area contributed by atoms with E-state index in [0.29, 0.717) is 0 Å². The molecule has 1 atom stereocenters. The highest BCUT2D eigenvalue weighted by molar-refractivity contribution is 4.76. The van der Waals surface area contributed by atoms with Gasteiger partial charge in [0.15, 0.2) is 0 Å². The molecule has 0 radical (unpaired) electrons. The summed E-state index contributed by atoms with van der Waals surface area (Å²) in [7, 11) is 2.04. The highest BCUT2D eigenvalue weighted by Gasteiger charge is 2.20. The third-order valence-corrected chi connectivity index (χ3v) is 3.33. The molecule has 1 heterocycles. The molecule has 96 valence electrons. The van der Waals surface area contributed by atoms with E-state index >= 15 is 0 Å². The van der Waals surface area contributed by atoms with E-state index in [1.807, 2.05) is 7.05 Å². The first-order valence-electron chi connectivity index (χ1n) is 6.80. The summed E-state index contributed by atoms with van der Waals surface area (Å²) in [5.74, 6) is 1.69. The summed E-state index contributed by atoms with van der Waals surface area (Å²) in [6.45, 7) is 11.8. The van der Waals surface area contributed by atoms with Gasteiger partial charge in [-0.2, -0.15) is 0 Å². The molecule has 16 heavy (non-hydrogen) atoms. The van der Waals surface area contributed by atoms with E-state index in [2.05, 4.69) is 29.4 Å². The molecule has 0 bridgehead atoms. The van der Waals surface area contributed by atoms with E-state index in [1.165, 1.54) is 39.0 Å². The van der Waals surface area contributed by atoms with Crippen molar-refractivity contribution in [2.75, 3.05) is 46.3 Å². The second kappa shape index (κ2) is 8.04. The Morgan fingerprint density at radius 2 is 2.12 bits per heavy atom. The lowest BCUT2D eigenvalue weighted by Gasteiger charge is -2.17. The molecule has 1 saturated heterocycles. The van der Waals surface area contributed by atoms with Crippen molar-refractivity contribution in [1.82, 2.24) is 15.5 Å². The monoisotopic (exact) mass is 227 g/mol. The Kier molecular flexibility index (Phi) is 7.01. The molecule has 1 aliphatic rings. The van der Waals surface area contributed by atoms with Gasteiger partial charge in [-0.3, -0.25) is 0 Å². The van der Waals surface area contributed by atoms with E-state index in [1.54, 1.807) is 0 Å². The molecule has 3 nitrogen and oxygen atoms in total. The van der Waals surface area contributed by atoms with E-state index < -0.39 is 0 Å². The van der Waals surface area contributed by atoms with E-state index in [0.717, 1.165) is 24.9 Å².